The molecule has 4 N–H and O–H groups in total. The fourth-order valence-corrected chi connectivity index (χ4v) is 3.45. The third-order valence-corrected chi connectivity index (χ3v) is 4.43. The number of aliphatic hydroxyl groups excluding tert-OH is 1. The highest BCUT2D eigenvalue weighted by Crippen LogP contribution is 2.47. The van der Waals surface area contributed by atoms with Crippen molar-refractivity contribution in [1.82, 2.24) is 10.6 Å². The fraction of sp³-hybridized carbons (Fsp3) is 0.846. The number of hydrogen-bond donors (Lipinski definition) is 4. The number of aliphatic carboxylic acids is 1. The minimum Gasteiger partial charge on any atom is -0.480 e. The third-order valence-electron chi connectivity index (χ3n) is 4.43. The highest BCUT2D eigenvalue weighted by Gasteiger charge is 2.39. The molecule has 6 heteroatoms. The molecule has 19 heavy (non-hydrogen) atoms. The minimum absolute atomic E-state index is 0.0247. The summed E-state index contributed by atoms with van der Waals surface area (Å²) >= 11 is 0. The Labute approximate surface area is 112 Å². The van der Waals surface area contributed by atoms with Crippen molar-refractivity contribution in [2.24, 2.45) is 17.8 Å². The molecule has 108 valence electrons. The van der Waals surface area contributed by atoms with Crippen LogP contribution in [0.25, 0.3) is 0 Å². The van der Waals surface area contributed by atoms with Crippen molar-refractivity contribution in [1.29, 1.82) is 0 Å². The predicted molar refractivity (Wildman–Crippen MR) is 68.6 cm³/mol. The quantitative estimate of drug-likeness (QED) is 0.566. The molecule has 2 aliphatic rings. The van der Waals surface area contributed by atoms with Crippen molar-refractivity contribution >= 4 is 12.0 Å². The van der Waals surface area contributed by atoms with Gasteiger partial charge in [0.05, 0.1) is 0 Å². The molecule has 0 aliphatic heterocycles. The second kappa shape index (κ2) is 6.23. The summed E-state index contributed by atoms with van der Waals surface area (Å²) in [6.45, 7) is 0.363. The summed E-state index contributed by atoms with van der Waals surface area (Å²) in [6.07, 6.45) is 5.09. The second-order valence-corrected chi connectivity index (χ2v) is 5.69. The van der Waals surface area contributed by atoms with Crippen LogP contribution in [0.15, 0.2) is 0 Å². The van der Waals surface area contributed by atoms with E-state index in [1.165, 1.54) is 25.7 Å². The Hall–Kier alpha value is -1.30. The lowest BCUT2D eigenvalue weighted by molar-refractivity contribution is -0.139. The summed E-state index contributed by atoms with van der Waals surface area (Å²) in [5.41, 5.74) is 0. The normalized spacial score (nSPS) is 30.1. The van der Waals surface area contributed by atoms with Crippen LogP contribution in [0.2, 0.25) is 0 Å². The predicted octanol–water partition coefficient (Wildman–Crippen LogP) is 0.557. The monoisotopic (exact) mass is 270 g/mol. The van der Waals surface area contributed by atoms with Gasteiger partial charge in [-0.05, 0) is 37.0 Å². The Morgan fingerprint density at radius 3 is 2.58 bits per heavy atom. The van der Waals surface area contributed by atoms with Crippen LogP contribution in [0.3, 0.4) is 0 Å². The van der Waals surface area contributed by atoms with Crippen molar-refractivity contribution in [3.63, 3.8) is 0 Å². The highest BCUT2D eigenvalue weighted by molar-refractivity contribution is 5.82. The van der Waals surface area contributed by atoms with Crippen LogP contribution >= 0.6 is 0 Å². The Balaban J connectivity index is 1.70. The number of rotatable bonds is 6. The second-order valence-electron chi connectivity index (χ2n) is 5.69. The first-order valence-corrected chi connectivity index (χ1v) is 6.98. The van der Waals surface area contributed by atoms with Crippen LogP contribution in [0.5, 0.6) is 0 Å². The van der Waals surface area contributed by atoms with Gasteiger partial charge < -0.3 is 20.8 Å². The minimum atomic E-state index is -1.12. The summed E-state index contributed by atoms with van der Waals surface area (Å²) < 4.78 is 0. The summed E-state index contributed by atoms with van der Waals surface area (Å²) in [6, 6.07) is -1.48. The van der Waals surface area contributed by atoms with E-state index in [1.54, 1.807) is 0 Å². The number of aliphatic hydroxyl groups is 1. The smallest absolute Gasteiger partial charge is 0.326 e. The van der Waals surface area contributed by atoms with E-state index in [0.29, 0.717) is 12.5 Å². The molecule has 2 saturated carbocycles. The molecule has 2 rings (SSSR count). The van der Waals surface area contributed by atoms with E-state index in [-0.39, 0.29) is 13.0 Å². The molecule has 0 radical (unpaired) electrons. The van der Waals surface area contributed by atoms with E-state index < -0.39 is 18.0 Å². The molecule has 2 aliphatic carbocycles. The maximum absolute atomic E-state index is 11.6. The van der Waals surface area contributed by atoms with Crippen LogP contribution < -0.4 is 10.6 Å². The first-order valence-electron chi connectivity index (χ1n) is 6.98. The number of urea groups is 1. The van der Waals surface area contributed by atoms with Gasteiger partial charge in [0.2, 0.25) is 0 Å². The van der Waals surface area contributed by atoms with Gasteiger partial charge in [0.15, 0.2) is 0 Å². The summed E-state index contributed by atoms with van der Waals surface area (Å²) in [7, 11) is 0. The standard InChI is InChI=1S/C13H22N2O4/c16-4-3-11(12(17)18)15-13(19)14-7-10-6-8-1-2-9(10)5-8/h8-11,16H,1-7H2,(H,17,18)(H2,14,15,19)/t8?,9?,10?,11-/m0/s1. The number of carboxylic acid groups (broad SMARTS) is 1. The SMILES string of the molecule is O=C(NCC1CC2CCC1C2)N[C@@H](CCO)C(=O)O. The van der Waals surface area contributed by atoms with Crippen LogP contribution in [-0.2, 0) is 4.79 Å². The molecular weight excluding hydrogens is 248 g/mol. The lowest BCUT2D eigenvalue weighted by Crippen LogP contribution is -2.47. The molecular formula is C13H22N2O4. The average molecular weight is 270 g/mol. The van der Waals surface area contributed by atoms with Crippen molar-refractivity contribution in [3.8, 4) is 0 Å². The van der Waals surface area contributed by atoms with Gasteiger partial charge >= 0.3 is 12.0 Å². The van der Waals surface area contributed by atoms with Gasteiger partial charge in [0.25, 0.3) is 0 Å². The molecule has 0 heterocycles. The van der Waals surface area contributed by atoms with Crippen LogP contribution in [0.4, 0.5) is 4.79 Å². The van der Waals surface area contributed by atoms with E-state index in [0.717, 1.165) is 11.8 Å². The number of carboxylic acids is 1. The molecule has 2 bridgehead atoms. The van der Waals surface area contributed by atoms with Crippen LogP contribution in [-0.4, -0.2) is 41.4 Å². The Morgan fingerprint density at radius 2 is 2.05 bits per heavy atom. The van der Waals surface area contributed by atoms with Gasteiger partial charge in [-0.2, -0.15) is 0 Å². The van der Waals surface area contributed by atoms with Gasteiger partial charge in [-0.25, -0.2) is 9.59 Å². The van der Waals surface area contributed by atoms with Gasteiger partial charge in [0, 0.05) is 19.6 Å². The number of fused-ring (bicyclic) bond motifs is 2. The first-order chi connectivity index (χ1) is 9.10. The van der Waals surface area contributed by atoms with Crippen molar-refractivity contribution in [2.45, 2.75) is 38.1 Å². The van der Waals surface area contributed by atoms with E-state index in [1.807, 2.05) is 0 Å². The first kappa shape index (κ1) is 14.1. The topological polar surface area (TPSA) is 98.7 Å². The van der Waals surface area contributed by atoms with E-state index >= 15 is 0 Å². The van der Waals surface area contributed by atoms with Crippen LogP contribution in [0.1, 0.15) is 32.1 Å². The number of nitrogens with one attached hydrogen (secondary N) is 2. The largest absolute Gasteiger partial charge is 0.480 e. The van der Waals surface area contributed by atoms with Crippen LogP contribution in [0, 0.1) is 17.8 Å². The molecule has 4 atom stereocenters. The molecule has 0 aromatic rings. The number of hydrogen-bond acceptors (Lipinski definition) is 3. The molecule has 2 amide bonds. The third kappa shape index (κ3) is 3.59. The van der Waals surface area contributed by atoms with Gasteiger partial charge in [-0.3, -0.25) is 0 Å². The van der Waals surface area contributed by atoms with Crippen molar-refractivity contribution < 1.29 is 19.8 Å². The molecule has 3 unspecified atom stereocenters. The molecule has 2 fully saturated rings. The summed E-state index contributed by atoms with van der Waals surface area (Å²) in [5.74, 6) is 0.994. The maximum Gasteiger partial charge on any atom is 0.326 e. The molecule has 6 nitrogen and oxygen atoms in total. The van der Waals surface area contributed by atoms with Crippen molar-refractivity contribution in [2.75, 3.05) is 13.2 Å². The Morgan fingerprint density at radius 1 is 1.26 bits per heavy atom. The average Bonchev–Trinajstić information content (AvgIpc) is 2.97. The molecule has 0 spiro atoms. The van der Waals surface area contributed by atoms with Gasteiger partial charge in [-0.15, -0.1) is 0 Å². The summed E-state index contributed by atoms with van der Waals surface area (Å²) in [5, 5.41) is 22.7. The lowest BCUT2D eigenvalue weighted by Gasteiger charge is -2.22. The molecule has 0 aromatic carbocycles. The zero-order valence-corrected chi connectivity index (χ0v) is 11.0. The summed E-state index contributed by atoms with van der Waals surface area (Å²) in [4.78, 5) is 22.5. The molecule has 0 aromatic heterocycles. The van der Waals surface area contributed by atoms with E-state index in [2.05, 4.69) is 10.6 Å². The van der Waals surface area contributed by atoms with Crippen molar-refractivity contribution in [3.05, 3.63) is 0 Å². The lowest BCUT2D eigenvalue weighted by atomic mass is 9.89. The maximum atomic E-state index is 11.6. The number of carbonyl (C=O) groups excluding carboxylic acids is 1. The Bertz CT molecular complexity index is 348. The fourth-order valence-electron chi connectivity index (χ4n) is 3.45. The highest BCUT2D eigenvalue weighted by atomic mass is 16.4. The number of amides is 2. The molecule has 0 saturated heterocycles. The van der Waals surface area contributed by atoms with E-state index in [4.69, 9.17) is 10.2 Å². The number of carbonyl (C=O) groups is 2. The van der Waals surface area contributed by atoms with E-state index in [9.17, 15) is 9.59 Å². The zero-order chi connectivity index (χ0) is 13.8. The van der Waals surface area contributed by atoms with Gasteiger partial charge in [-0.1, -0.05) is 6.42 Å². The Kier molecular flexibility index (Phi) is 4.63. The zero-order valence-electron chi connectivity index (χ0n) is 11.0. The van der Waals surface area contributed by atoms with Gasteiger partial charge in [0.1, 0.15) is 6.04 Å².